The molecule has 2 heteroatoms. The van der Waals surface area contributed by atoms with E-state index < -0.39 is 0 Å². The van der Waals surface area contributed by atoms with Gasteiger partial charge in [0.2, 0.25) is 0 Å². The fourth-order valence-corrected chi connectivity index (χ4v) is 1.63. The molecule has 0 aromatic carbocycles. The van der Waals surface area contributed by atoms with E-state index in [4.69, 9.17) is 4.74 Å². The lowest BCUT2D eigenvalue weighted by Crippen LogP contribution is -2.27. The fraction of sp³-hybridized carbons (Fsp3) is 1.00. The number of rotatable bonds is 8. The Morgan fingerprint density at radius 3 is 2.64 bits per heavy atom. The monoisotopic (exact) mass is 197 g/mol. The van der Waals surface area contributed by atoms with Gasteiger partial charge in [0.1, 0.15) is 0 Å². The molecule has 0 heterocycles. The summed E-state index contributed by atoms with van der Waals surface area (Å²) in [4.78, 5) is 0. The van der Waals surface area contributed by atoms with E-state index in [-0.39, 0.29) is 0 Å². The molecular weight excluding hydrogens is 174 g/mol. The lowest BCUT2D eigenvalue weighted by Gasteiger charge is -2.15. The van der Waals surface area contributed by atoms with Crippen LogP contribution in [0.1, 0.15) is 39.0 Å². The molecule has 1 N–H and O–H groups in total. The smallest absolute Gasteiger partial charge is 0.0506 e. The van der Waals surface area contributed by atoms with Crippen molar-refractivity contribution in [3.8, 4) is 0 Å². The zero-order valence-electron chi connectivity index (χ0n) is 9.30. The van der Waals surface area contributed by atoms with Crippen molar-refractivity contribution in [2.75, 3.05) is 19.8 Å². The molecule has 82 valence electrons. The summed E-state index contributed by atoms with van der Waals surface area (Å²) < 4.78 is 5.72. The third-order valence-corrected chi connectivity index (χ3v) is 3.25. The van der Waals surface area contributed by atoms with Crippen LogP contribution >= 0.6 is 0 Å². The van der Waals surface area contributed by atoms with E-state index in [0.717, 1.165) is 37.6 Å². The van der Waals surface area contributed by atoms with E-state index in [1.165, 1.54) is 32.1 Å². The molecule has 0 radical (unpaired) electrons. The van der Waals surface area contributed by atoms with Crippen molar-refractivity contribution in [3.05, 3.63) is 0 Å². The standard InChI is InChI=1S/C12H23NO/c1-2-10(7-13-12-5-6-12)8-14-9-11-3-4-11/h10-13H,2-9H2,1H3. The highest BCUT2D eigenvalue weighted by molar-refractivity contribution is 4.81. The predicted octanol–water partition coefficient (Wildman–Crippen LogP) is 2.19. The van der Waals surface area contributed by atoms with E-state index in [0.29, 0.717) is 0 Å². The Balaban J connectivity index is 1.49. The van der Waals surface area contributed by atoms with E-state index in [1.807, 2.05) is 0 Å². The fourth-order valence-electron chi connectivity index (χ4n) is 1.63. The summed E-state index contributed by atoms with van der Waals surface area (Å²) in [6.07, 6.45) is 6.82. The molecule has 2 saturated carbocycles. The molecule has 2 fully saturated rings. The number of nitrogens with one attached hydrogen (secondary N) is 1. The van der Waals surface area contributed by atoms with Crippen LogP contribution in [0.25, 0.3) is 0 Å². The molecule has 2 rings (SSSR count). The zero-order chi connectivity index (χ0) is 9.80. The SMILES string of the molecule is CCC(CNC1CC1)COCC1CC1. The van der Waals surface area contributed by atoms with Gasteiger partial charge in [-0.3, -0.25) is 0 Å². The van der Waals surface area contributed by atoms with Crippen LogP contribution in [-0.4, -0.2) is 25.8 Å². The predicted molar refractivity (Wildman–Crippen MR) is 58.3 cm³/mol. The van der Waals surface area contributed by atoms with Crippen molar-refractivity contribution in [3.63, 3.8) is 0 Å². The van der Waals surface area contributed by atoms with Gasteiger partial charge in [-0.25, -0.2) is 0 Å². The first kappa shape index (κ1) is 10.4. The summed E-state index contributed by atoms with van der Waals surface area (Å²) in [6.45, 7) is 5.40. The van der Waals surface area contributed by atoms with Gasteiger partial charge in [0.05, 0.1) is 6.61 Å². The molecule has 2 nitrogen and oxygen atoms in total. The van der Waals surface area contributed by atoms with Crippen molar-refractivity contribution in [1.82, 2.24) is 5.32 Å². The van der Waals surface area contributed by atoms with Crippen molar-refractivity contribution in [1.29, 1.82) is 0 Å². The minimum atomic E-state index is 0.731. The van der Waals surface area contributed by atoms with Crippen molar-refractivity contribution < 1.29 is 4.74 Å². The average molecular weight is 197 g/mol. The van der Waals surface area contributed by atoms with Gasteiger partial charge in [-0.2, -0.15) is 0 Å². The topological polar surface area (TPSA) is 21.3 Å². The van der Waals surface area contributed by atoms with Crippen LogP contribution in [-0.2, 0) is 4.74 Å². The Hall–Kier alpha value is -0.0800. The quantitative estimate of drug-likeness (QED) is 0.644. The third-order valence-electron chi connectivity index (χ3n) is 3.25. The van der Waals surface area contributed by atoms with Gasteiger partial charge < -0.3 is 10.1 Å². The molecule has 0 saturated heterocycles. The highest BCUT2D eigenvalue weighted by atomic mass is 16.5. The molecule has 0 aromatic rings. The lowest BCUT2D eigenvalue weighted by atomic mass is 10.1. The normalized spacial score (nSPS) is 23.8. The van der Waals surface area contributed by atoms with Gasteiger partial charge >= 0.3 is 0 Å². The molecular formula is C12H23NO. The van der Waals surface area contributed by atoms with Crippen LogP contribution < -0.4 is 5.32 Å². The second kappa shape index (κ2) is 5.13. The van der Waals surface area contributed by atoms with Gasteiger partial charge in [-0.15, -0.1) is 0 Å². The van der Waals surface area contributed by atoms with E-state index in [9.17, 15) is 0 Å². The molecule has 0 spiro atoms. The third kappa shape index (κ3) is 3.97. The molecule has 1 atom stereocenters. The first-order valence-electron chi connectivity index (χ1n) is 6.19. The van der Waals surface area contributed by atoms with Crippen molar-refractivity contribution in [2.24, 2.45) is 11.8 Å². The summed E-state index contributed by atoms with van der Waals surface area (Å²) in [7, 11) is 0. The Morgan fingerprint density at radius 1 is 1.29 bits per heavy atom. The van der Waals surface area contributed by atoms with Crippen LogP contribution in [0.2, 0.25) is 0 Å². The minimum absolute atomic E-state index is 0.731. The van der Waals surface area contributed by atoms with Gasteiger partial charge in [-0.1, -0.05) is 6.92 Å². The highest BCUT2D eigenvalue weighted by Gasteiger charge is 2.23. The Labute approximate surface area is 87.4 Å². The Morgan fingerprint density at radius 2 is 2.07 bits per heavy atom. The summed E-state index contributed by atoms with van der Waals surface area (Å²) in [6, 6.07) is 0.840. The molecule has 1 unspecified atom stereocenters. The van der Waals surface area contributed by atoms with E-state index in [2.05, 4.69) is 12.2 Å². The molecule has 0 bridgehead atoms. The zero-order valence-corrected chi connectivity index (χ0v) is 9.30. The molecule has 14 heavy (non-hydrogen) atoms. The van der Waals surface area contributed by atoms with Crippen LogP contribution in [0.4, 0.5) is 0 Å². The summed E-state index contributed by atoms with van der Waals surface area (Å²) in [5.74, 6) is 1.64. The van der Waals surface area contributed by atoms with Gasteiger partial charge in [0.25, 0.3) is 0 Å². The summed E-state index contributed by atoms with van der Waals surface area (Å²) in [5, 5.41) is 3.58. The van der Waals surface area contributed by atoms with E-state index in [1.54, 1.807) is 0 Å². The first-order valence-corrected chi connectivity index (χ1v) is 6.19. The summed E-state index contributed by atoms with van der Waals surface area (Å²) in [5.41, 5.74) is 0. The van der Waals surface area contributed by atoms with Gasteiger partial charge in [-0.05, 0) is 43.9 Å². The molecule has 2 aliphatic rings. The van der Waals surface area contributed by atoms with Crippen molar-refractivity contribution >= 4 is 0 Å². The maximum Gasteiger partial charge on any atom is 0.0506 e. The molecule has 0 aromatic heterocycles. The van der Waals surface area contributed by atoms with Gasteiger partial charge in [0.15, 0.2) is 0 Å². The lowest BCUT2D eigenvalue weighted by molar-refractivity contribution is 0.0893. The van der Waals surface area contributed by atoms with Gasteiger partial charge in [0, 0.05) is 19.2 Å². The van der Waals surface area contributed by atoms with Crippen LogP contribution in [0.15, 0.2) is 0 Å². The first-order chi connectivity index (χ1) is 6.88. The average Bonchev–Trinajstić information content (AvgIpc) is 3.01. The van der Waals surface area contributed by atoms with Crippen molar-refractivity contribution in [2.45, 2.75) is 45.1 Å². The van der Waals surface area contributed by atoms with E-state index >= 15 is 0 Å². The second-order valence-corrected chi connectivity index (χ2v) is 4.94. The molecule has 0 amide bonds. The number of hydrogen-bond donors (Lipinski definition) is 1. The minimum Gasteiger partial charge on any atom is -0.381 e. The number of ether oxygens (including phenoxy) is 1. The Kier molecular flexibility index (Phi) is 3.82. The highest BCUT2D eigenvalue weighted by Crippen LogP contribution is 2.29. The second-order valence-electron chi connectivity index (χ2n) is 4.94. The van der Waals surface area contributed by atoms with Crippen LogP contribution in [0.3, 0.4) is 0 Å². The molecule has 0 aliphatic heterocycles. The molecule has 2 aliphatic carbocycles. The largest absolute Gasteiger partial charge is 0.381 e. The van der Waals surface area contributed by atoms with Crippen LogP contribution in [0.5, 0.6) is 0 Å². The summed E-state index contributed by atoms with van der Waals surface area (Å²) >= 11 is 0. The Bertz CT molecular complexity index is 164. The maximum atomic E-state index is 5.72. The van der Waals surface area contributed by atoms with Crippen LogP contribution in [0, 0.1) is 11.8 Å². The maximum absolute atomic E-state index is 5.72. The number of hydrogen-bond acceptors (Lipinski definition) is 2.